The van der Waals surface area contributed by atoms with E-state index in [2.05, 4.69) is 15.5 Å². The fourth-order valence-electron chi connectivity index (χ4n) is 3.81. The maximum Gasteiger partial charge on any atom is 0.238 e. The van der Waals surface area contributed by atoms with Gasteiger partial charge in [0.15, 0.2) is 5.96 Å². The van der Waals surface area contributed by atoms with E-state index in [1.54, 1.807) is 12.1 Å². The molecule has 8 nitrogen and oxygen atoms in total. The second kappa shape index (κ2) is 9.40. The molecule has 2 fully saturated rings. The first-order chi connectivity index (χ1) is 12.8. The summed E-state index contributed by atoms with van der Waals surface area (Å²) in [6.07, 6.45) is 2.66. The maximum absolute atomic E-state index is 11.7. The smallest absolute Gasteiger partial charge is 0.238 e. The van der Waals surface area contributed by atoms with Gasteiger partial charge in [-0.15, -0.1) is 24.0 Å². The largest absolute Gasteiger partial charge is 0.357 e. The van der Waals surface area contributed by atoms with Gasteiger partial charge in [-0.3, -0.25) is 4.79 Å². The number of aliphatic imine (C=N–C) groups is 1. The SMILES string of the molecule is CCNC(=NCc1ccc(S(N)(=O)=O)cc1)N1CCCC2(CNC(=O)C2)C1.I. The minimum Gasteiger partial charge on any atom is -0.357 e. The summed E-state index contributed by atoms with van der Waals surface area (Å²) in [4.78, 5) is 18.7. The molecule has 0 aliphatic carbocycles. The van der Waals surface area contributed by atoms with Gasteiger partial charge in [0.2, 0.25) is 15.9 Å². The fourth-order valence-corrected chi connectivity index (χ4v) is 4.32. The maximum atomic E-state index is 11.7. The number of likely N-dealkylation sites (tertiary alicyclic amines) is 1. The Morgan fingerprint density at radius 2 is 2.07 bits per heavy atom. The Labute approximate surface area is 183 Å². The van der Waals surface area contributed by atoms with Crippen LogP contribution in [0.3, 0.4) is 0 Å². The molecule has 10 heteroatoms. The molecule has 4 N–H and O–H groups in total. The molecule has 2 aliphatic heterocycles. The lowest BCUT2D eigenvalue weighted by molar-refractivity contribution is -0.119. The summed E-state index contributed by atoms with van der Waals surface area (Å²) in [6, 6.07) is 6.45. The van der Waals surface area contributed by atoms with E-state index in [0.29, 0.717) is 13.0 Å². The third-order valence-corrected chi connectivity index (χ3v) is 6.08. The van der Waals surface area contributed by atoms with Crippen molar-refractivity contribution < 1.29 is 13.2 Å². The molecule has 156 valence electrons. The number of piperidine rings is 1. The quantitative estimate of drug-likeness (QED) is 0.311. The summed E-state index contributed by atoms with van der Waals surface area (Å²) >= 11 is 0. The third-order valence-electron chi connectivity index (χ3n) is 5.16. The van der Waals surface area contributed by atoms with Gasteiger partial charge in [-0.1, -0.05) is 12.1 Å². The molecule has 1 unspecified atom stereocenters. The highest BCUT2D eigenvalue weighted by atomic mass is 127. The Balaban J connectivity index is 0.00000280. The van der Waals surface area contributed by atoms with Crippen LogP contribution in [0.25, 0.3) is 0 Å². The summed E-state index contributed by atoms with van der Waals surface area (Å²) < 4.78 is 22.7. The van der Waals surface area contributed by atoms with Crippen LogP contribution < -0.4 is 15.8 Å². The minimum atomic E-state index is -3.68. The monoisotopic (exact) mass is 521 g/mol. The normalized spacial score (nSPS) is 22.7. The van der Waals surface area contributed by atoms with E-state index < -0.39 is 10.0 Å². The van der Waals surface area contributed by atoms with Crippen LogP contribution in [0.4, 0.5) is 0 Å². The number of halogens is 1. The van der Waals surface area contributed by atoms with Crippen LogP contribution in [0.15, 0.2) is 34.2 Å². The summed E-state index contributed by atoms with van der Waals surface area (Å²) in [5, 5.41) is 11.4. The first-order valence-corrected chi connectivity index (χ1v) is 10.8. The lowest BCUT2D eigenvalue weighted by atomic mass is 9.79. The molecule has 0 radical (unpaired) electrons. The molecular formula is C18H28IN5O3S. The number of rotatable bonds is 4. The molecule has 0 saturated carbocycles. The van der Waals surface area contributed by atoms with Crippen LogP contribution in [0.2, 0.25) is 0 Å². The van der Waals surface area contributed by atoms with Crippen molar-refractivity contribution in [1.29, 1.82) is 0 Å². The third kappa shape index (κ3) is 5.57. The summed E-state index contributed by atoms with van der Waals surface area (Å²) in [6.45, 7) is 5.67. The van der Waals surface area contributed by atoms with Gasteiger partial charge in [0.05, 0.1) is 11.4 Å². The van der Waals surface area contributed by atoms with Crippen molar-refractivity contribution >= 4 is 45.9 Å². The van der Waals surface area contributed by atoms with E-state index in [0.717, 1.165) is 50.5 Å². The average Bonchev–Trinajstić information content (AvgIpc) is 2.98. The van der Waals surface area contributed by atoms with Crippen LogP contribution in [-0.4, -0.2) is 51.4 Å². The average molecular weight is 521 g/mol. The van der Waals surface area contributed by atoms with Crippen LogP contribution in [0, 0.1) is 5.41 Å². The van der Waals surface area contributed by atoms with Gasteiger partial charge in [0, 0.05) is 38.0 Å². The molecule has 0 bridgehead atoms. The molecule has 1 atom stereocenters. The summed E-state index contributed by atoms with van der Waals surface area (Å²) in [5.41, 5.74) is 0.907. The molecule has 2 saturated heterocycles. The number of guanidine groups is 1. The van der Waals surface area contributed by atoms with Crippen molar-refractivity contribution in [1.82, 2.24) is 15.5 Å². The topological polar surface area (TPSA) is 117 Å². The van der Waals surface area contributed by atoms with E-state index in [-0.39, 0.29) is 40.2 Å². The molecule has 2 aliphatic rings. The molecule has 28 heavy (non-hydrogen) atoms. The van der Waals surface area contributed by atoms with E-state index in [1.165, 1.54) is 12.1 Å². The molecule has 1 amide bonds. The lowest BCUT2D eigenvalue weighted by Crippen LogP contribution is -2.51. The number of nitrogens with zero attached hydrogens (tertiary/aromatic N) is 2. The lowest BCUT2D eigenvalue weighted by Gasteiger charge is -2.40. The highest BCUT2D eigenvalue weighted by Crippen LogP contribution is 2.36. The summed E-state index contributed by atoms with van der Waals surface area (Å²) in [5.74, 6) is 0.959. The van der Waals surface area contributed by atoms with Crippen LogP contribution in [0.1, 0.15) is 31.7 Å². The van der Waals surface area contributed by atoms with Crippen molar-refractivity contribution in [2.75, 3.05) is 26.2 Å². The Bertz CT molecular complexity index is 828. The Hall–Kier alpha value is -1.40. The highest BCUT2D eigenvalue weighted by Gasteiger charge is 2.42. The van der Waals surface area contributed by atoms with Crippen LogP contribution in [0.5, 0.6) is 0 Å². The minimum absolute atomic E-state index is 0. The number of hydrogen-bond donors (Lipinski definition) is 3. The predicted molar refractivity (Wildman–Crippen MR) is 119 cm³/mol. The highest BCUT2D eigenvalue weighted by molar-refractivity contribution is 14.0. The number of carbonyl (C=O) groups is 1. The second-order valence-corrected chi connectivity index (χ2v) is 8.90. The van der Waals surface area contributed by atoms with Gasteiger partial charge in [-0.2, -0.15) is 0 Å². The fraction of sp³-hybridized carbons (Fsp3) is 0.556. The Morgan fingerprint density at radius 1 is 1.36 bits per heavy atom. The zero-order chi connectivity index (χ0) is 19.5. The number of carbonyl (C=O) groups excluding carboxylic acids is 1. The molecule has 0 aromatic heterocycles. The van der Waals surface area contributed by atoms with Gasteiger partial charge < -0.3 is 15.5 Å². The first-order valence-electron chi connectivity index (χ1n) is 9.23. The van der Waals surface area contributed by atoms with Crippen molar-refractivity contribution in [3.8, 4) is 0 Å². The molecule has 3 rings (SSSR count). The van der Waals surface area contributed by atoms with Gasteiger partial charge in [-0.25, -0.2) is 18.5 Å². The van der Waals surface area contributed by atoms with Crippen molar-refractivity contribution in [3.63, 3.8) is 0 Å². The molecule has 2 heterocycles. The first kappa shape index (κ1) is 22.9. The van der Waals surface area contributed by atoms with E-state index in [9.17, 15) is 13.2 Å². The number of nitrogens with one attached hydrogen (secondary N) is 2. The molecular weight excluding hydrogens is 493 g/mol. The zero-order valence-electron chi connectivity index (χ0n) is 16.0. The number of primary sulfonamides is 1. The molecule has 1 aromatic rings. The van der Waals surface area contributed by atoms with E-state index in [4.69, 9.17) is 10.1 Å². The van der Waals surface area contributed by atoms with Crippen molar-refractivity contribution in [2.24, 2.45) is 15.5 Å². The molecule has 1 spiro atoms. The molecule has 1 aromatic carbocycles. The van der Waals surface area contributed by atoms with Crippen LogP contribution in [-0.2, 0) is 21.4 Å². The van der Waals surface area contributed by atoms with E-state index >= 15 is 0 Å². The van der Waals surface area contributed by atoms with Crippen LogP contribution >= 0.6 is 24.0 Å². The Kier molecular flexibility index (Phi) is 7.68. The van der Waals surface area contributed by atoms with Gasteiger partial charge >= 0.3 is 0 Å². The number of hydrogen-bond acceptors (Lipinski definition) is 4. The van der Waals surface area contributed by atoms with Crippen molar-refractivity contribution in [2.45, 2.75) is 37.6 Å². The number of amides is 1. The Morgan fingerprint density at radius 3 is 2.64 bits per heavy atom. The predicted octanol–water partition coefficient (Wildman–Crippen LogP) is 1.02. The number of benzene rings is 1. The second-order valence-electron chi connectivity index (χ2n) is 7.34. The van der Waals surface area contributed by atoms with Gasteiger partial charge in [0.1, 0.15) is 0 Å². The van der Waals surface area contributed by atoms with Crippen molar-refractivity contribution in [3.05, 3.63) is 29.8 Å². The standard InChI is InChI=1S/C18H27N5O3S.HI/c1-2-20-17(21-11-14-4-6-15(7-5-14)27(19,25)26)23-9-3-8-18(13-23)10-16(24)22-12-18;/h4-7H,2-3,8-13H2,1H3,(H,20,21)(H,22,24)(H2,19,25,26);1H. The van der Waals surface area contributed by atoms with E-state index in [1.807, 2.05) is 6.92 Å². The summed E-state index contributed by atoms with van der Waals surface area (Å²) in [7, 11) is -3.68. The van der Waals surface area contributed by atoms with Gasteiger partial charge in [0.25, 0.3) is 0 Å². The number of nitrogens with two attached hydrogens (primary N) is 1. The van der Waals surface area contributed by atoms with Gasteiger partial charge in [-0.05, 0) is 37.5 Å². The number of sulfonamides is 1. The zero-order valence-corrected chi connectivity index (χ0v) is 19.1.